The minimum Gasteiger partial charge on any atom is -0.379 e. The minimum atomic E-state index is -0.130. The highest BCUT2D eigenvalue weighted by Crippen LogP contribution is 2.34. The predicted octanol–water partition coefficient (Wildman–Crippen LogP) is 3.93. The van der Waals surface area contributed by atoms with Crippen LogP contribution in [0.4, 0.5) is 11.4 Å². The van der Waals surface area contributed by atoms with Crippen LogP contribution in [0.2, 0.25) is 0 Å². The number of anilines is 2. The first kappa shape index (κ1) is 24.2. The molecule has 1 aromatic carbocycles. The molecule has 188 valence electrons. The molecule has 1 aliphatic carbocycles. The molecule has 2 N–H and O–H groups in total. The molecule has 0 atom stereocenters. The summed E-state index contributed by atoms with van der Waals surface area (Å²) in [5.41, 5.74) is 2.88. The second kappa shape index (κ2) is 11.5. The highest BCUT2D eigenvalue weighted by Gasteiger charge is 2.39. The molecule has 35 heavy (non-hydrogen) atoms. The van der Waals surface area contributed by atoms with Crippen molar-refractivity contribution in [1.82, 2.24) is 15.2 Å². The Morgan fingerprint density at radius 1 is 1.03 bits per heavy atom. The molecule has 0 bridgehead atoms. The Balaban J connectivity index is 1.14. The highest BCUT2D eigenvalue weighted by molar-refractivity contribution is 6.04. The van der Waals surface area contributed by atoms with Crippen LogP contribution >= 0.6 is 0 Å². The average Bonchev–Trinajstić information content (AvgIpc) is 2.94. The lowest BCUT2D eigenvalue weighted by atomic mass is 9.79. The van der Waals surface area contributed by atoms with E-state index < -0.39 is 0 Å². The molecule has 2 saturated heterocycles. The quantitative estimate of drug-likeness (QED) is 0.630. The molecular weight excluding hydrogens is 438 g/mol. The zero-order valence-electron chi connectivity index (χ0n) is 20.8. The summed E-state index contributed by atoms with van der Waals surface area (Å²) in [4.78, 5) is 21.7. The second-order valence-corrected chi connectivity index (χ2v) is 10.3. The molecule has 7 nitrogen and oxygen atoms in total. The number of hydrogen-bond donors (Lipinski definition) is 2. The number of nitrogens with one attached hydrogen (secondary N) is 2. The Morgan fingerprint density at radius 3 is 2.57 bits per heavy atom. The van der Waals surface area contributed by atoms with Crippen LogP contribution in [0.25, 0.3) is 0 Å². The first-order chi connectivity index (χ1) is 17.2. The Labute approximate surface area is 209 Å². The standard InChI is InChI=1S/C28H39N5O2/c34-27(23-6-5-13-29-21-23)31-25-7-4-8-26(20-25)32-14-9-24(10-15-32)30-22-28(11-2-1-3-12-28)33-16-18-35-19-17-33/h4-8,13,20-21,24,30H,1-3,9-12,14-19,22H2,(H,31,34). The van der Waals surface area contributed by atoms with Crippen LogP contribution in [0, 0.1) is 0 Å². The van der Waals surface area contributed by atoms with Crippen molar-refractivity contribution < 1.29 is 9.53 Å². The molecule has 3 aliphatic rings. The number of carbonyl (C=O) groups excluding carboxylic acids is 1. The van der Waals surface area contributed by atoms with Crippen molar-refractivity contribution in [2.24, 2.45) is 0 Å². The van der Waals surface area contributed by atoms with Gasteiger partial charge in [-0.2, -0.15) is 0 Å². The second-order valence-electron chi connectivity index (χ2n) is 10.3. The summed E-state index contributed by atoms with van der Waals surface area (Å²) < 4.78 is 5.64. The van der Waals surface area contributed by atoms with Crippen molar-refractivity contribution in [1.29, 1.82) is 0 Å². The molecule has 0 radical (unpaired) electrons. The van der Waals surface area contributed by atoms with E-state index in [0.29, 0.717) is 17.1 Å². The van der Waals surface area contributed by atoms with Gasteiger partial charge in [-0.1, -0.05) is 25.3 Å². The Morgan fingerprint density at radius 2 is 1.83 bits per heavy atom. The molecule has 3 fully saturated rings. The highest BCUT2D eigenvalue weighted by atomic mass is 16.5. The maximum absolute atomic E-state index is 12.5. The van der Waals surface area contributed by atoms with Gasteiger partial charge in [-0.05, 0) is 56.0 Å². The Bertz CT molecular complexity index is 949. The van der Waals surface area contributed by atoms with Crippen LogP contribution in [-0.2, 0) is 4.74 Å². The van der Waals surface area contributed by atoms with E-state index in [2.05, 4.69) is 37.6 Å². The smallest absolute Gasteiger partial charge is 0.257 e. The van der Waals surface area contributed by atoms with Gasteiger partial charge in [0, 0.05) is 68.1 Å². The van der Waals surface area contributed by atoms with Gasteiger partial charge in [0.25, 0.3) is 5.91 Å². The summed E-state index contributed by atoms with van der Waals surface area (Å²) in [5, 5.41) is 6.99. The van der Waals surface area contributed by atoms with Crippen LogP contribution in [0.1, 0.15) is 55.3 Å². The van der Waals surface area contributed by atoms with Crippen LogP contribution < -0.4 is 15.5 Å². The fourth-order valence-corrected chi connectivity index (χ4v) is 6.01. The molecule has 1 saturated carbocycles. The van der Waals surface area contributed by atoms with E-state index in [4.69, 9.17) is 4.74 Å². The fourth-order valence-electron chi connectivity index (χ4n) is 6.01. The molecule has 0 spiro atoms. The largest absolute Gasteiger partial charge is 0.379 e. The number of hydrogen-bond acceptors (Lipinski definition) is 6. The number of amides is 1. The van der Waals surface area contributed by atoms with Crippen LogP contribution in [-0.4, -0.2) is 73.3 Å². The van der Waals surface area contributed by atoms with E-state index in [1.165, 1.54) is 37.8 Å². The zero-order chi connectivity index (χ0) is 23.9. The number of pyridine rings is 1. The first-order valence-corrected chi connectivity index (χ1v) is 13.3. The molecular formula is C28H39N5O2. The zero-order valence-corrected chi connectivity index (χ0v) is 20.8. The number of benzene rings is 1. The molecule has 2 aliphatic heterocycles. The molecule has 7 heteroatoms. The lowest BCUT2D eigenvalue weighted by Crippen LogP contribution is -2.60. The van der Waals surface area contributed by atoms with Gasteiger partial charge >= 0.3 is 0 Å². The molecule has 1 amide bonds. The van der Waals surface area contributed by atoms with Crippen LogP contribution in [0.5, 0.6) is 0 Å². The monoisotopic (exact) mass is 477 g/mol. The maximum atomic E-state index is 12.5. The van der Waals surface area contributed by atoms with E-state index in [-0.39, 0.29) is 5.91 Å². The van der Waals surface area contributed by atoms with E-state index >= 15 is 0 Å². The van der Waals surface area contributed by atoms with Crippen molar-refractivity contribution in [3.63, 3.8) is 0 Å². The van der Waals surface area contributed by atoms with Gasteiger partial charge in [0.2, 0.25) is 0 Å². The lowest BCUT2D eigenvalue weighted by Gasteiger charge is -2.49. The van der Waals surface area contributed by atoms with Crippen molar-refractivity contribution in [2.45, 2.75) is 56.5 Å². The maximum Gasteiger partial charge on any atom is 0.257 e. The minimum absolute atomic E-state index is 0.130. The van der Waals surface area contributed by atoms with E-state index in [1.54, 1.807) is 24.5 Å². The van der Waals surface area contributed by atoms with Crippen LogP contribution in [0.15, 0.2) is 48.8 Å². The van der Waals surface area contributed by atoms with Crippen molar-refractivity contribution in [2.75, 3.05) is 56.2 Å². The molecule has 0 unspecified atom stereocenters. The number of rotatable bonds is 7. The number of piperidine rings is 1. The number of ether oxygens (including phenoxy) is 1. The number of morpholine rings is 1. The average molecular weight is 478 g/mol. The Hall–Kier alpha value is -2.48. The van der Waals surface area contributed by atoms with Gasteiger partial charge < -0.3 is 20.3 Å². The number of aromatic nitrogens is 1. The molecule has 5 rings (SSSR count). The predicted molar refractivity (Wildman–Crippen MR) is 140 cm³/mol. The topological polar surface area (TPSA) is 69.7 Å². The number of nitrogens with zero attached hydrogens (tertiary/aromatic N) is 3. The third-order valence-corrected chi connectivity index (χ3v) is 8.07. The van der Waals surface area contributed by atoms with E-state index in [1.807, 2.05) is 12.1 Å². The lowest BCUT2D eigenvalue weighted by molar-refractivity contribution is -0.0379. The van der Waals surface area contributed by atoms with Gasteiger partial charge in [0.15, 0.2) is 0 Å². The third kappa shape index (κ3) is 6.02. The molecule has 3 heterocycles. The third-order valence-electron chi connectivity index (χ3n) is 8.07. The summed E-state index contributed by atoms with van der Waals surface area (Å²) in [6, 6.07) is 12.3. The van der Waals surface area contributed by atoms with Gasteiger partial charge in [0.05, 0.1) is 18.8 Å². The summed E-state index contributed by atoms with van der Waals surface area (Å²) in [7, 11) is 0. The van der Waals surface area contributed by atoms with Crippen molar-refractivity contribution in [3.05, 3.63) is 54.4 Å². The van der Waals surface area contributed by atoms with Gasteiger partial charge in [-0.15, -0.1) is 0 Å². The van der Waals surface area contributed by atoms with Crippen LogP contribution in [0.3, 0.4) is 0 Å². The normalized spacial score (nSPS) is 21.5. The van der Waals surface area contributed by atoms with Crippen molar-refractivity contribution in [3.8, 4) is 0 Å². The summed E-state index contributed by atoms with van der Waals surface area (Å²) in [5.74, 6) is -0.130. The summed E-state index contributed by atoms with van der Waals surface area (Å²) >= 11 is 0. The van der Waals surface area contributed by atoms with Crippen molar-refractivity contribution >= 4 is 17.3 Å². The summed E-state index contributed by atoms with van der Waals surface area (Å²) in [6.07, 6.45) is 12.3. The Kier molecular flexibility index (Phi) is 7.96. The van der Waals surface area contributed by atoms with E-state index in [0.717, 1.165) is 64.5 Å². The summed E-state index contributed by atoms with van der Waals surface area (Å²) in [6.45, 7) is 7.07. The fraction of sp³-hybridized carbons (Fsp3) is 0.571. The molecule has 1 aromatic heterocycles. The molecule has 2 aromatic rings. The number of carbonyl (C=O) groups is 1. The van der Waals surface area contributed by atoms with Gasteiger partial charge in [-0.25, -0.2) is 0 Å². The SMILES string of the molecule is O=C(Nc1cccc(N2CCC(NCC3(N4CCOCC4)CCCCC3)CC2)c1)c1cccnc1. The first-order valence-electron chi connectivity index (χ1n) is 13.3. The van der Waals surface area contributed by atoms with Gasteiger partial charge in [0.1, 0.15) is 0 Å². The van der Waals surface area contributed by atoms with Gasteiger partial charge in [-0.3, -0.25) is 14.7 Å². The van der Waals surface area contributed by atoms with E-state index in [9.17, 15) is 4.79 Å².